The van der Waals surface area contributed by atoms with Crippen molar-refractivity contribution in [3.05, 3.63) is 47.0 Å². The molecule has 0 N–H and O–H groups in total. The molecule has 3 aromatic rings. The predicted octanol–water partition coefficient (Wildman–Crippen LogP) is 5.26. The Morgan fingerprint density at radius 3 is 2.50 bits per heavy atom. The normalized spacial score (nSPS) is 12.9. The lowest BCUT2D eigenvalue weighted by atomic mass is 9.95. The largest absolute Gasteiger partial charge is 0.493 e. The predicted molar refractivity (Wildman–Crippen MR) is 139 cm³/mol. The number of aromatic nitrogens is 1. The number of likely N-dealkylation sites (N-methyl/N-ethyl adjacent to an activating group) is 1. The summed E-state index contributed by atoms with van der Waals surface area (Å²) in [6, 6.07) is 10.4. The van der Waals surface area contributed by atoms with Gasteiger partial charge in [-0.05, 0) is 76.5 Å². The van der Waals surface area contributed by atoms with Crippen LogP contribution in [0.4, 0.5) is 0 Å². The molecule has 3 heterocycles. The number of nitrogens with zero attached hydrogens (tertiary/aromatic N) is 3. The van der Waals surface area contributed by atoms with E-state index in [0.29, 0.717) is 6.61 Å². The molecule has 0 radical (unpaired) electrons. The number of rotatable bonds is 7. The van der Waals surface area contributed by atoms with Crippen LogP contribution in [0.5, 0.6) is 11.5 Å². The molecule has 0 saturated carbocycles. The number of amides is 1. The SMILES string of the molecule is COc1cc2c(cc1OCCN(C)C)-c1c(-c3cccs3)cc(C(=O)N(C)C(C)(C)C)n1CC2. The van der Waals surface area contributed by atoms with Crippen molar-refractivity contribution >= 4 is 17.2 Å². The summed E-state index contributed by atoms with van der Waals surface area (Å²) < 4.78 is 14.0. The first-order valence-corrected chi connectivity index (χ1v) is 12.5. The van der Waals surface area contributed by atoms with Gasteiger partial charge in [-0.15, -0.1) is 11.3 Å². The monoisotopic (exact) mass is 481 g/mol. The highest BCUT2D eigenvalue weighted by Crippen LogP contribution is 2.45. The third-order valence-electron chi connectivity index (χ3n) is 6.46. The molecule has 0 aliphatic carbocycles. The van der Waals surface area contributed by atoms with Gasteiger partial charge in [0.1, 0.15) is 12.3 Å². The van der Waals surface area contributed by atoms with E-state index in [9.17, 15) is 4.79 Å². The Bertz CT molecular complexity index is 1170. The average Bonchev–Trinajstić information content (AvgIpc) is 3.44. The fraction of sp³-hybridized carbons (Fsp3) is 0.444. The molecule has 2 aromatic heterocycles. The van der Waals surface area contributed by atoms with Gasteiger partial charge in [-0.3, -0.25) is 4.79 Å². The van der Waals surface area contributed by atoms with Crippen LogP contribution in [0.1, 0.15) is 36.8 Å². The Hall–Kier alpha value is -2.77. The van der Waals surface area contributed by atoms with Crippen LogP contribution in [0.3, 0.4) is 0 Å². The molecule has 0 fully saturated rings. The molecule has 1 aromatic carbocycles. The first-order chi connectivity index (χ1) is 16.1. The number of hydrogen-bond donors (Lipinski definition) is 0. The number of ether oxygens (including phenoxy) is 2. The van der Waals surface area contributed by atoms with E-state index in [1.807, 2.05) is 26.0 Å². The van der Waals surface area contributed by atoms with Crippen LogP contribution in [-0.2, 0) is 13.0 Å². The summed E-state index contributed by atoms with van der Waals surface area (Å²) in [6.45, 7) is 8.31. The Balaban J connectivity index is 1.86. The second-order valence-electron chi connectivity index (χ2n) is 10.0. The van der Waals surface area contributed by atoms with E-state index in [-0.39, 0.29) is 11.4 Å². The van der Waals surface area contributed by atoms with Crippen LogP contribution >= 0.6 is 11.3 Å². The van der Waals surface area contributed by atoms with Crippen LogP contribution in [-0.4, -0.2) is 67.2 Å². The fourth-order valence-corrected chi connectivity index (χ4v) is 4.96. The van der Waals surface area contributed by atoms with Crippen molar-refractivity contribution in [3.63, 3.8) is 0 Å². The molecule has 0 atom stereocenters. The van der Waals surface area contributed by atoms with E-state index < -0.39 is 0 Å². The van der Waals surface area contributed by atoms with Crippen molar-refractivity contribution in [2.45, 2.75) is 39.3 Å². The summed E-state index contributed by atoms with van der Waals surface area (Å²) in [7, 11) is 7.62. The van der Waals surface area contributed by atoms with E-state index >= 15 is 0 Å². The standard InChI is InChI=1S/C27H35N3O3S/c1-27(2,3)29(6)26(31)21-16-20(24-9-8-14-34-24)25-19-17-23(33-13-12-28(4)5)22(32-7)15-18(19)10-11-30(21)25/h8-9,14-17H,10-13H2,1-7H3. The van der Waals surface area contributed by atoms with E-state index in [4.69, 9.17) is 9.47 Å². The zero-order valence-electron chi connectivity index (χ0n) is 21.3. The molecule has 0 saturated heterocycles. The highest BCUT2D eigenvalue weighted by molar-refractivity contribution is 7.13. The van der Waals surface area contributed by atoms with Gasteiger partial charge in [0.15, 0.2) is 11.5 Å². The van der Waals surface area contributed by atoms with E-state index in [1.165, 1.54) is 5.56 Å². The lowest BCUT2D eigenvalue weighted by Gasteiger charge is -2.32. The summed E-state index contributed by atoms with van der Waals surface area (Å²) in [4.78, 5) is 18.7. The second-order valence-corrected chi connectivity index (χ2v) is 11.0. The van der Waals surface area contributed by atoms with Gasteiger partial charge >= 0.3 is 0 Å². The van der Waals surface area contributed by atoms with Gasteiger partial charge in [0.2, 0.25) is 0 Å². The number of aryl methyl sites for hydroxylation is 1. The third kappa shape index (κ3) is 4.59. The Labute approximate surface area is 206 Å². The van der Waals surface area contributed by atoms with Gasteiger partial charge in [-0.1, -0.05) is 6.07 Å². The summed E-state index contributed by atoms with van der Waals surface area (Å²) in [5, 5.41) is 2.08. The smallest absolute Gasteiger partial charge is 0.270 e. The zero-order chi connectivity index (χ0) is 24.6. The van der Waals surface area contributed by atoms with Crippen LogP contribution in [0, 0.1) is 0 Å². The molecule has 1 aliphatic heterocycles. The van der Waals surface area contributed by atoms with Crippen molar-refractivity contribution in [1.29, 1.82) is 0 Å². The van der Waals surface area contributed by atoms with Crippen LogP contribution in [0.15, 0.2) is 35.7 Å². The summed E-state index contributed by atoms with van der Waals surface area (Å²) in [6.07, 6.45) is 0.828. The van der Waals surface area contributed by atoms with Crippen molar-refractivity contribution < 1.29 is 14.3 Å². The third-order valence-corrected chi connectivity index (χ3v) is 7.36. The maximum atomic E-state index is 13.6. The second kappa shape index (κ2) is 9.47. The topological polar surface area (TPSA) is 46.9 Å². The lowest BCUT2D eigenvalue weighted by Crippen LogP contribution is -2.43. The minimum atomic E-state index is -0.266. The van der Waals surface area contributed by atoms with Gasteiger partial charge in [-0.25, -0.2) is 0 Å². The number of methoxy groups -OCH3 is 1. The van der Waals surface area contributed by atoms with Crippen LogP contribution in [0.25, 0.3) is 21.7 Å². The number of hydrogen-bond acceptors (Lipinski definition) is 5. The van der Waals surface area contributed by atoms with Gasteiger partial charge in [0.05, 0.1) is 12.8 Å². The van der Waals surface area contributed by atoms with E-state index in [1.54, 1.807) is 18.4 Å². The molecule has 1 amide bonds. The number of benzene rings is 1. The first-order valence-electron chi connectivity index (χ1n) is 11.7. The Morgan fingerprint density at radius 1 is 1.12 bits per heavy atom. The highest BCUT2D eigenvalue weighted by atomic mass is 32.1. The molecule has 0 spiro atoms. The van der Waals surface area contributed by atoms with Crippen molar-refractivity contribution in [2.75, 3.05) is 41.4 Å². The minimum absolute atomic E-state index is 0.0379. The molecule has 6 nitrogen and oxygen atoms in total. The highest BCUT2D eigenvalue weighted by Gasteiger charge is 2.32. The molecule has 182 valence electrons. The van der Waals surface area contributed by atoms with Gasteiger partial charge in [0, 0.05) is 41.7 Å². The van der Waals surface area contributed by atoms with Gasteiger partial charge in [-0.2, -0.15) is 0 Å². The maximum absolute atomic E-state index is 13.6. The Morgan fingerprint density at radius 2 is 1.88 bits per heavy atom. The molecule has 1 aliphatic rings. The zero-order valence-corrected chi connectivity index (χ0v) is 22.1. The molecular weight excluding hydrogens is 446 g/mol. The average molecular weight is 482 g/mol. The van der Waals surface area contributed by atoms with E-state index in [0.717, 1.165) is 58.4 Å². The molecule has 4 rings (SSSR count). The first kappa shape index (κ1) is 24.4. The van der Waals surface area contributed by atoms with E-state index in [2.05, 4.69) is 66.0 Å². The molecule has 34 heavy (non-hydrogen) atoms. The number of thiophene rings is 1. The quantitative estimate of drug-likeness (QED) is 0.462. The fourth-order valence-electron chi connectivity index (χ4n) is 4.22. The summed E-state index contributed by atoms with van der Waals surface area (Å²) in [5.74, 6) is 1.52. The molecule has 0 unspecified atom stereocenters. The minimum Gasteiger partial charge on any atom is -0.493 e. The number of carbonyl (C=O) groups excluding carboxylic acids is 1. The summed E-state index contributed by atoms with van der Waals surface area (Å²) in [5.41, 5.74) is 4.95. The van der Waals surface area contributed by atoms with Crippen molar-refractivity contribution in [2.24, 2.45) is 0 Å². The van der Waals surface area contributed by atoms with Crippen molar-refractivity contribution in [1.82, 2.24) is 14.4 Å². The maximum Gasteiger partial charge on any atom is 0.270 e. The summed E-state index contributed by atoms with van der Waals surface area (Å²) >= 11 is 1.69. The molecule has 7 heteroatoms. The number of fused-ring (bicyclic) bond motifs is 3. The van der Waals surface area contributed by atoms with Crippen molar-refractivity contribution in [3.8, 4) is 33.2 Å². The molecular formula is C27H35N3O3S. The Kier molecular flexibility index (Phi) is 6.78. The van der Waals surface area contributed by atoms with Crippen LogP contribution < -0.4 is 9.47 Å². The number of carbonyl (C=O) groups is 1. The lowest BCUT2D eigenvalue weighted by molar-refractivity contribution is 0.0644. The molecule has 0 bridgehead atoms. The van der Waals surface area contributed by atoms with Crippen LogP contribution in [0.2, 0.25) is 0 Å². The van der Waals surface area contributed by atoms with Gasteiger partial charge < -0.3 is 23.8 Å². The van der Waals surface area contributed by atoms with Gasteiger partial charge in [0.25, 0.3) is 5.91 Å².